The summed E-state index contributed by atoms with van der Waals surface area (Å²) < 4.78 is 70.2. The van der Waals surface area contributed by atoms with E-state index < -0.39 is 41.7 Å². The molecule has 0 bridgehead atoms. The molecule has 2 aliphatic rings. The molecule has 2 fully saturated rings. The van der Waals surface area contributed by atoms with Gasteiger partial charge in [0.05, 0.1) is 17.4 Å². The third-order valence-corrected chi connectivity index (χ3v) is 6.30. The van der Waals surface area contributed by atoms with Gasteiger partial charge >= 0.3 is 24.3 Å². The molecule has 0 spiro atoms. The molecular weight excluding hydrogens is 486 g/mol. The Morgan fingerprint density at radius 2 is 1.51 bits per heavy atom. The van der Waals surface area contributed by atoms with E-state index in [-0.39, 0.29) is 17.9 Å². The fourth-order valence-corrected chi connectivity index (χ4v) is 4.34. The number of rotatable bonds is 5. The summed E-state index contributed by atoms with van der Waals surface area (Å²) in [5.74, 6) is -4.97. The predicted octanol–water partition coefficient (Wildman–Crippen LogP) is 3.95. The van der Waals surface area contributed by atoms with Gasteiger partial charge in [0.25, 0.3) is 0 Å². The fraction of sp³-hybridized carbons (Fsp3) is 0.591. The highest BCUT2D eigenvalue weighted by atomic mass is 19.4. The van der Waals surface area contributed by atoms with Gasteiger partial charge in [-0.25, -0.2) is 4.79 Å². The number of halogens is 6. The highest BCUT2D eigenvalue weighted by Gasteiger charge is 2.42. The van der Waals surface area contributed by atoms with Gasteiger partial charge in [0.2, 0.25) is 5.91 Å². The van der Waals surface area contributed by atoms with E-state index in [4.69, 9.17) is 15.0 Å². The summed E-state index contributed by atoms with van der Waals surface area (Å²) >= 11 is 0. The molecule has 13 heteroatoms. The largest absolute Gasteiger partial charge is 0.490 e. The number of hydrogen-bond acceptors (Lipinski definition) is 4. The Morgan fingerprint density at radius 1 is 0.971 bits per heavy atom. The van der Waals surface area contributed by atoms with Crippen LogP contribution in [0.2, 0.25) is 0 Å². The fourth-order valence-electron chi connectivity index (χ4n) is 4.34. The molecule has 1 aromatic rings. The number of amides is 1. The van der Waals surface area contributed by atoms with Crippen LogP contribution in [0.25, 0.3) is 0 Å². The number of likely N-dealkylation sites (tertiary alicyclic amines) is 1. The van der Waals surface area contributed by atoms with Gasteiger partial charge in [-0.3, -0.25) is 14.5 Å². The Kier molecular flexibility index (Phi) is 9.15. The van der Waals surface area contributed by atoms with E-state index >= 15 is 0 Å². The quantitative estimate of drug-likeness (QED) is 0.516. The minimum Gasteiger partial charge on any atom is -0.481 e. The molecule has 196 valence electrons. The van der Waals surface area contributed by atoms with Crippen LogP contribution >= 0.6 is 0 Å². The van der Waals surface area contributed by atoms with Crippen LogP contribution in [-0.2, 0) is 20.6 Å². The maximum Gasteiger partial charge on any atom is 0.490 e. The van der Waals surface area contributed by atoms with Crippen molar-refractivity contribution < 1.29 is 50.9 Å². The minimum absolute atomic E-state index is 0.0581. The van der Waals surface area contributed by atoms with Crippen LogP contribution in [0.4, 0.5) is 26.3 Å². The van der Waals surface area contributed by atoms with E-state index in [0.717, 1.165) is 37.1 Å². The Labute approximate surface area is 197 Å². The highest BCUT2D eigenvalue weighted by molar-refractivity contribution is 5.86. The lowest BCUT2D eigenvalue weighted by atomic mass is 9.73. The SMILES string of the molecule is CN1CCCC(CNC(=O)[C@@H]2CC[C@@H]2C(=O)O)C1c1ccc(C(F)(F)F)cc1.O=C(O)C(F)(F)F. The van der Waals surface area contributed by atoms with Crippen molar-refractivity contribution >= 4 is 17.8 Å². The molecule has 1 amide bonds. The third kappa shape index (κ3) is 7.58. The number of carboxylic acid groups (broad SMARTS) is 2. The van der Waals surface area contributed by atoms with E-state index in [1.807, 2.05) is 7.05 Å². The van der Waals surface area contributed by atoms with Crippen molar-refractivity contribution in [2.24, 2.45) is 17.8 Å². The Balaban J connectivity index is 0.000000540. The first-order chi connectivity index (χ1) is 16.1. The summed E-state index contributed by atoms with van der Waals surface area (Å²) in [5.41, 5.74) is 0.116. The van der Waals surface area contributed by atoms with E-state index in [0.29, 0.717) is 19.4 Å². The zero-order valence-electron chi connectivity index (χ0n) is 18.7. The van der Waals surface area contributed by atoms with Crippen LogP contribution in [0.15, 0.2) is 24.3 Å². The molecule has 4 atom stereocenters. The van der Waals surface area contributed by atoms with Gasteiger partial charge < -0.3 is 15.5 Å². The lowest BCUT2D eigenvalue weighted by molar-refractivity contribution is -0.192. The van der Waals surface area contributed by atoms with Crippen molar-refractivity contribution in [3.05, 3.63) is 35.4 Å². The first kappa shape index (κ1) is 28.4. The van der Waals surface area contributed by atoms with E-state index in [1.54, 1.807) is 0 Å². The molecule has 7 nitrogen and oxygen atoms in total. The Morgan fingerprint density at radius 3 is 1.94 bits per heavy atom. The molecule has 2 unspecified atom stereocenters. The van der Waals surface area contributed by atoms with Gasteiger partial charge in [-0.2, -0.15) is 26.3 Å². The Hall–Kier alpha value is -2.83. The number of piperidine rings is 1. The normalized spacial score (nSPS) is 25.0. The average molecular weight is 512 g/mol. The van der Waals surface area contributed by atoms with Crippen molar-refractivity contribution in [3.63, 3.8) is 0 Å². The van der Waals surface area contributed by atoms with Gasteiger partial charge in [-0.15, -0.1) is 0 Å². The third-order valence-electron chi connectivity index (χ3n) is 6.30. The Bertz CT molecular complexity index is 903. The minimum atomic E-state index is -5.08. The standard InChI is InChI=1S/C20H25F3N2O3.C2HF3O2/c1-25-10-2-3-13(11-24-18(26)15-8-9-16(15)19(27)28)17(25)12-4-6-14(7-5-12)20(21,22)23;3-2(4,5)1(6)7/h4-7,13,15-17H,2-3,8-11H2,1H3,(H,24,26)(H,27,28);(H,6,7)/t13?,15-,16+,17?;/m1./s1. The van der Waals surface area contributed by atoms with Crippen LogP contribution in [0.5, 0.6) is 0 Å². The second kappa shape index (κ2) is 11.3. The summed E-state index contributed by atoms with van der Waals surface area (Å²) in [6, 6.07) is 5.12. The topological polar surface area (TPSA) is 107 Å². The molecular formula is C22H26F6N2O5. The van der Waals surface area contributed by atoms with Gasteiger partial charge in [0.15, 0.2) is 0 Å². The summed E-state index contributed by atoms with van der Waals surface area (Å²) in [6.45, 7) is 1.22. The van der Waals surface area contributed by atoms with Crippen LogP contribution in [-0.4, -0.2) is 59.3 Å². The zero-order chi connectivity index (χ0) is 26.6. The molecule has 35 heavy (non-hydrogen) atoms. The maximum atomic E-state index is 12.8. The molecule has 1 saturated carbocycles. The van der Waals surface area contributed by atoms with Gasteiger partial charge in [-0.1, -0.05) is 12.1 Å². The lowest BCUT2D eigenvalue weighted by Crippen LogP contribution is -2.47. The molecule has 3 N–H and O–H groups in total. The van der Waals surface area contributed by atoms with Crippen LogP contribution in [0.3, 0.4) is 0 Å². The second-order valence-corrected chi connectivity index (χ2v) is 8.62. The van der Waals surface area contributed by atoms with Crippen LogP contribution in [0, 0.1) is 17.8 Å². The van der Waals surface area contributed by atoms with E-state index in [9.17, 15) is 35.9 Å². The monoisotopic (exact) mass is 512 g/mol. The summed E-state index contributed by atoms with van der Waals surface area (Å²) in [7, 11) is 1.93. The number of benzene rings is 1. The summed E-state index contributed by atoms with van der Waals surface area (Å²) in [4.78, 5) is 34.5. The first-order valence-corrected chi connectivity index (χ1v) is 10.8. The van der Waals surface area contributed by atoms with E-state index in [2.05, 4.69) is 10.2 Å². The van der Waals surface area contributed by atoms with Crippen molar-refractivity contribution in [2.45, 2.75) is 44.1 Å². The van der Waals surface area contributed by atoms with Crippen LogP contribution in [0.1, 0.15) is 42.9 Å². The number of alkyl halides is 6. The van der Waals surface area contributed by atoms with Gasteiger partial charge in [0, 0.05) is 12.6 Å². The van der Waals surface area contributed by atoms with Crippen molar-refractivity contribution in [2.75, 3.05) is 20.1 Å². The number of carbonyl (C=O) groups is 3. The van der Waals surface area contributed by atoms with Crippen LogP contribution < -0.4 is 5.32 Å². The summed E-state index contributed by atoms with van der Waals surface area (Å²) in [5, 5.41) is 19.1. The second-order valence-electron chi connectivity index (χ2n) is 8.62. The molecule has 1 heterocycles. The molecule has 3 rings (SSSR count). The average Bonchev–Trinajstić information content (AvgIpc) is 2.70. The molecule has 1 aromatic carbocycles. The zero-order valence-corrected chi connectivity index (χ0v) is 18.7. The van der Waals surface area contributed by atoms with Gasteiger partial charge in [-0.05, 0) is 62.9 Å². The number of nitrogens with one attached hydrogen (secondary N) is 1. The van der Waals surface area contributed by atoms with Crippen molar-refractivity contribution in [3.8, 4) is 0 Å². The molecule has 0 radical (unpaired) electrons. The molecule has 1 saturated heterocycles. The number of carboxylic acids is 2. The maximum absolute atomic E-state index is 12.8. The number of hydrogen-bond donors (Lipinski definition) is 3. The first-order valence-electron chi connectivity index (χ1n) is 10.8. The highest BCUT2D eigenvalue weighted by Crippen LogP contribution is 2.38. The summed E-state index contributed by atoms with van der Waals surface area (Å²) in [6.07, 6.45) is -6.56. The number of nitrogens with zero attached hydrogens (tertiary/aromatic N) is 1. The lowest BCUT2D eigenvalue weighted by Gasteiger charge is -2.40. The van der Waals surface area contributed by atoms with Gasteiger partial charge in [0.1, 0.15) is 0 Å². The van der Waals surface area contributed by atoms with Crippen molar-refractivity contribution in [1.29, 1.82) is 0 Å². The number of aliphatic carboxylic acids is 2. The smallest absolute Gasteiger partial charge is 0.481 e. The van der Waals surface area contributed by atoms with E-state index in [1.165, 1.54) is 12.1 Å². The molecule has 0 aromatic heterocycles. The van der Waals surface area contributed by atoms with Crippen molar-refractivity contribution in [1.82, 2.24) is 10.2 Å². The number of carbonyl (C=O) groups excluding carboxylic acids is 1. The predicted molar refractivity (Wildman–Crippen MR) is 110 cm³/mol. The molecule has 1 aliphatic carbocycles. The molecule has 1 aliphatic heterocycles.